The molecule has 0 spiro atoms. The molecule has 0 N–H and O–H groups in total. The third-order valence-corrected chi connectivity index (χ3v) is 1.40. The van der Waals surface area contributed by atoms with Crippen LogP contribution in [0.4, 0.5) is 0 Å². The molecule has 0 aromatic carbocycles. The quantitative estimate of drug-likeness (QED) is 0.387. The topological polar surface area (TPSA) is 9.23 Å². The van der Waals surface area contributed by atoms with Crippen LogP contribution in [0.2, 0.25) is 0 Å². The highest BCUT2D eigenvalue weighted by Gasteiger charge is 2.16. The van der Waals surface area contributed by atoms with E-state index in [-0.39, 0.29) is 0 Å². The van der Waals surface area contributed by atoms with Gasteiger partial charge in [0.25, 0.3) is 0 Å². The highest BCUT2D eigenvalue weighted by atomic mass is 16.5. The van der Waals surface area contributed by atoms with Crippen molar-refractivity contribution in [2.24, 2.45) is 5.92 Å². The monoisotopic (exact) mass is 98.1 g/mol. The van der Waals surface area contributed by atoms with Crippen LogP contribution in [0.3, 0.4) is 0 Å². The Morgan fingerprint density at radius 2 is 2.43 bits per heavy atom. The standard InChI is InChI=1S/C5H11BO/c1-4-2-5(6)7-3-4/h4-5H,2-3,6H2,1H3/t4-,5-/m1/s1. The number of rotatable bonds is 0. The Balaban J connectivity index is 2.26. The van der Waals surface area contributed by atoms with Crippen LogP contribution in [0.15, 0.2) is 0 Å². The number of hydrogen-bond acceptors (Lipinski definition) is 1. The van der Waals surface area contributed by atoms with Crippen LogP contribution in [0.25, 0.3) is 0 Å². The van der Waals surface area contributed by atoms with Crippen molar-refractivity contribution in [1.29, 1.82) is 0 Å². The van der Waals surface area contributed by atoms with Gasteiger partial charge in [-0.05, 0) is 12.3 Å². The van der Waals surface area contributed by atoms with Crippen LogP contribution in [-0.4, -0.2) is 20.5 Å². The zero-order valence-electron chi connectivity index (χ0n) is 4.98. The smallest absolute Gasteiger partial charge is 0.139 e. The molecule has 7 heavy (non-hydrogen) atoms. The van der Waals surface area contributed by atoms with Crippen LogP contribution >= 0.6 is 0 Å². The molecule has 0 saturated carbocycles. The van der Waals surface area contributed by atoms with E-state index in [1.54, 1.807) is 0 Å². The molecule has 40 valence electrons. The second kappa shape index (κ2) is 1.87. The van der Waals surface area contributed by atoms with E-state index >= 15 is 0 Å². The summed E-state index contributed by atoms with van der Waals surface area (Å²) in [6, 6.07) is 0.523. The lowest BCUT2D eigenvalue weighted by atomic mass is 9.94. The minimum Gasteiger partial charge on any atom is -0.387 e. The minimum atomic E-state index is 0.523. The molecule has 1 aliphatic heterocycles. The van der Waals surface area contributed by atoms with E-state index in [0.717, 1.165) is 12.5 Å². The molecule has 0 aromatic heterocycles. The summed E-state index contributed by atoms with van der Waals surface area (Å²) in [5.74, 6) is 0.801. The summed E-state index contributed by atoms with van der Waals surface area (Å²) >= 11 is 0. The van der Waals surface area contributed by atoms with E-state index in [4.69, 9.17) is 4.74 Å². The Morgan fingerprint density at radius 1 is 1.71 bits per heavy atom. The van der Waals surface area contributed by atoms with Crippen molar-refractivity contribution in [3.05, 3.63) is 0 Å². The summed E-state index contributed by atoms with van der Waals surface area (Å²) in [7, 11) is 2.13. The van der Waals surface area contributed by atoms with Crippen molar-refractivity contribution < 1.29 is 4.74 Å². The molecule has 2 atom stereocenters. The van der Waals surface area contributed by atoms with Gasteiger partial charge in [0.15, 0.2) is 0 Å². The zero-order chi connectivity index (χ0) is 5.28. The molecule has 0 bridgehead atoms. The van der Waals surface area contributed by atoms with E-state index < -0.39 is 0 Å². The van der Waals surface area contributed by atoms with Gasteiger partial charge < -0.3 is 4.74 Å². The summed E-state index contributed by atoms with van der Waals surface area (Å²) in [5.41, 5.74) is 0. The number of ether oxygens (including phenoxy) is 1. The largest absolute Gasteiger partial charge is 0.387 e. The Bertz CT molecular complexity index is 57.1. The Morgan fingerprint density at radius 3 is 2.57 bits per heavy atom. The zero-order valence-corrected chi connectivity index (χ0v) is 4.98. The molecule has 1 fully saturated rings. The van der Waals surface area contributed by atoms with Crippen LogP contribution in [0, 0.1) is 5.92 Å². The van der Waals surface area contributed by atoms with Crippen molar-refractivity contribution in [1.82, 2.24) is 0 Å². The second-order valence-electron chi connectivity index (χ2n) is 2.48. The first-order valence-corrected chi connectivity index (χ1v) is 2.90. The van der Waals surface area contributed by atoms with E-state index in [1.807, 2.05) is 0 Å². The lowest BCUT2D eigenvalue weighted by molar-refractivity contribution is 0.161. The molecule has 1 saturated heterocycles. The molecule has 0 unspecified atom stereocenters. The third kappa shape index (κ3) is 1.20. The van der Waals surface area contributed by atoms with E-state index in [0.29, 0.717) is 6.00 Å². The molecule has 0 amide bonds. The molecular formula is C5H11BO. The van der Waals surface area contributed by atoms with Gasteiger partial charge in [-0.25, -0.2) is 0 Å². The van der Waals surface area contributed by atoms with Crippen LogP contribution in [0.1, 0.15) is 13.3 Å². The van der Waals surface area contributed by atoms with E-state index in [2.05, 4.69) is 14.8 Å². The minimum absolute atomic E-state index is 0.523. The lowest BCUT2D eigenvalue weighted by Gasteiger charge is -1.94. The van der Waals surface area contributed by atoms with Gasteiger partial charge in [-0.15, -0.1) is 0 Å². The summed E-state index contributed by atoms with van der Waals surface area (Å²) < 4.78 is 5.27. The van der Waals surface area contributed by atoms with Gasteiger partial charge in [-0.3, -0.25) is 0 Å². The Hall–Kier alpha value is 0.0249. The Labute approximate surface area is 45.5 Å². The predicted molar refractivity (Wildman–Crippen MR) is 32.1 cm³/mol. The SMILES string of the molecule is B[C@H]1C[C@@H](C)CO1. The number of hydrogen-bond donors (Lipinski definition) is 0. The fourth-order valence-corrected chi connectivity index (χ4v) is 1.03. The Kier molecular flexibility index (Phi) is 1.38. The molecule has 1 nitrogen and oxygen atoms in total. The summed E-state index contributed by atoms with van der Waals surface area (Å²) in [6.07, 6.45) is 1.25. The highest BCUT2D eigenvalue weighted by molar-refractivity contribution is 6.11. The van der Waals surface area contributed by atoms with Gasteiger partial charge in [-0.1, -0.05) is 6.92 Å². The van der Waals surface area contributed by atoms with Crippen molar-refractivity contribution in [3.63, 3.8) is 0 Å². The van der Waals surface area contributed by atoms with Crippen LogP contribution < -0.4 is 0 Å². The first-order valence-electron chi connectivity index (χ1n) is 2.90. The second-order valence-corrected chi connectivity index (χ2v) is 2.48. The molecule has 1 aliphatic rings. The predicted octanol–water partition coefficient (Wildman–Crippen LogP) is 0.00200. The summed E-state index contributed by atoms with van der Waals surface area (Å²) in [5, 5.41) is 0. The summed E-state index contributed by atoms with van der Waals surface area (Å²) in [4.78, 5) is 0. The maximum Gasteiger partial charge on any atom is 0.139 e. The average molecular weight is 98.0 g/mol. The van der Waals surface area contributed by atoms with Crippen LogP contribution in [-0.2, 0) is 4.74 Å². The van der Waals surface area contributed by atoms with Crippen molar-refractivity contribution in [3.8, 4) is 0 Å². The van der Waals surface area contributed by atoms with Crippen molar-refractivity contribution in [2.75, 3.05) is 6.61 Å². The highest BCUT2D eigenvalue weighted by Crippen LogP contribution is 2.15. The first kappa shape index (κ1) is 5.17. The molecule has 1 heterocycles. The fourth-order valence-electron chi connectivity index (χ4n) is 1.03. The van der Waals surface area contributed by atoms with Crippen molar-refractivity contribution >= 4 is 7.85 Å². The van der Waals surface area contributed by atoms with E-state index in [9.17, 15) is 0 Å². The van der Waals surface area contributed by atoms with Gasteiger partial charge in [0.2, 0.25) is 0 Å². The molecule has 0 aromatic rings. The maximum absolute atomic E-state index is 5.27. The molecule has 1 rings (SSSR count). The molecule has 0 radical (unpaired) electrons. The normalized spacial score (nSPS) is 41.9. The third-order valence-electron chi connectivity index (χ3n) is 1.40. The first-order chi connectivity index (χ1) is 3.29. The molecule has 0 aliphatic carbocycles. The average Bonchev–Trinajstić information content (AvgIpc) is 1.87. The lowest BCUT2D eigenvalue weighted by Crippen LogP contribution is -2.01. The van der Waals surface area contributed by atoms with Gasteiger partial charge >= 0.3 is 0 Å². The van der Waals surface area contributed by atoms with Gasteiger partial charge in [0.05, 0.1) is 0 Å². The van der Waals surface area contributed by atoms with Gasteiger partial charge in [0, 0.05) is 12.6 Å². The van der Waals surface area contributed by atoms with Crippen LogP contribution in [0.5, 0.6) is 0 Å². The molecular weight excluding hydrogens is 86.9 g/mol. The van der Waals surface area contributed by atoms with E-state index in [1.165, 1.54) is 6.42 Å². The van der Waals surface area contributed by atoms with Gasteiger partial charge in [-0.2, -0.15) is 0 Å². The molecule has 2 heteroatoms. The maximum atomic E-state index is 5.27. The fraction of sp³-hybridized carbons (Fsp3) is 1.00. The summed E-state index contributed by atoms with van der Waals surface area (Å²) in [6.45, 7) is 3.20. The van der Waals surface area contributed by atoms with Crippen molar-refractivity contribution in [2.45, 2.75) is 19.3 Å². The van der Waals surface area contributed by atoms with Gasteiger partial charge in [0.1, 0.15) is 7.85 Å².